The standard InChI is InChI=1S/C13H13Br2N3O3/c1-3-17-12(13(15)8(2)16-17)7-21-11-5-9(14)4-10(6-11)18(19)20/h4-6H,3,7H2,1-2H3. The largest absolute Gasteiger partial charge is 0.487 e. The van der Waals surface area contributed by atoms with Crippen molar-refractivity contribution in [1.29, 1.82) is 0 Å². The van der Waals surface area contributed by atoms with E-state index >= 15 is 0 Å². The molecular formula is C13H13Br2N3O3. The highest BCUT2D eigenvalue weighted by molar-refractivity contribution is 9.10. The summed E-state index contributed by atoms with van der Waals surface area (Å²) in [6.07, 6.45) is 0. The van der Waals surface area contributed by atoms with E-state index in [-0.39, 0.29) is 12.3 Å². The Morgan fingerprint density at radius 1 is 1.38 bits per heavy atom. The van der Waals surface area contributed by atoms with Gasteiger partial charge in [-0.3, -0.25) is 14.8 Å². The minimum Gasteiger partial charge on any atom is -0.487 e. The number of benzene rings is 1. The normalized spacial score (nSPS) is 10.7. The number of ether oxygens (including phenoxy) is 1. The molecule has 0 bridgehead atoms. The summed E-state index contributed by atoms with van der Waals surface area (Å²) in [6, 6.07) is 4.53. The van der Waals surface area contributed by atoms with E-state index in [9.17, 15) is 10.1 Å². The van der Waals surface area contributed by atoms with Gasteiger partial charge in [-0.1, -0.05) is 15.9 Å². The van der Waals surface area contributed by atoms with Gasteiger partial charge in [0.05, 0.1) is 26.9 Å². The number of rotatable bonds is 5. The average Bonchev–Trinajstić information content (AvgIpc) is 2.71. The van der Waals surface area contributed by atoms with Crippen LogP contribution in [0.5, 0.6) is 5.75 Å². The van der Waals surface area contributed by atoms with Gasteiger partial charge in [-0.15, -0.1) is 0 Å². The fourth-order valence-electron chi connectivity index (χ4n) is 1.90. The Morgan fingerprint density at radius 3 is 2.71 bits per heavy atom. The lowest BCUT2D eigenvalue weighted by Gasteiger charge is -2.09. The smallest absolute Gasteiger partial charge is 0.274 e. The van der Waals surface area contributed by atoms with Crippen molar-refractivity contribution in [2.24, 2.45) is 0 Å². The zero-order valence-electron chi connectivity index (χ0n) is 11.5. The van der Waals surface area contributed by atoms with Crippen LogP contribution in [-0.2, 0) is 13.2 Å². The number of non-ortho nitro benzene ring substituents is 1. The van der Waals surface area contributed by atoms with Crippen LogP contribution < -0.4 is 4.74 Å². The van der Waals surface area contributed by atoms with Crippen molar-refractivity contribution in [3.05, 3.63) is 48.6 Å². The van der Waals surface area contributed by atoms with Crippen LogP contribution in [0.25, 0.3) is 0 Å². The van der Waals surface area contributed by atoms with E-state index in [4.69, 9.17) is 4.74 Å². The van der Waals surface area contributed by atoms with Crippen molar-refractivity contribution in [2.45, 2.75) is 27.0 Å². The van der Waals surface area contributed by atoms with Crippen molar-refractivity contribution < 1.29 is 9.66 Å². The molecule has 8 heteroatoms. The van der Waals surface area contributed by atoms with Crippen LogP contribution >= 0.6 is 31.9 Å². The molecule has 0 amide bonds. The van der Waals surface area contributed by atoms with Crippen molar-refractivity contribution in [3.63, 3.8) is 0 Å². The van der Waals surface area contributed by atoms with E-state index in [0.29, 0.717) is 10.2 Å². The van der Waals surface area contributed by atoms with Crippen molar-refractivity contribution in [1.82, 2.24) is 9.78 Å². The molecular weight excluding hydrogens is 406 g/mol. The number of aromatic nitrogens is 2. The zero-order chi connectivity index (χ0) is 15.6. The molecule has 2 aromatic rings. The van der Waals surface area contributed by atoms with Crippen molar-refractivity contribution in [2.75, 3.05) is 0 Å². The first-order valence-electron chi connectivity index (χ1n) is 6.22. The Morgan fingerprint density at radius 2 is 2.10 bits per heavy atom. The maximum atomic E-state index is 10.8. The molecule has 0 saturated carbocycles. The second-order valence-electron chi connectivity index (χ2n) is 4.35. The number of nitro groups is 1. The molecule has 0 saturated heterocycles. The highest BCUT2D eigenvalue weighted by Gasteiger charge is 2.14. The first-order chi connectivity index (χ1) is 9.92. The lowest BCUT2D eigenvalue weighted by molar-refractivity contribution is -0.385. The Bertz CT molecular complexity index is 686. The van der Waals surface area contributed by atoms with Crippen molar-refractivity contribution in [3.8, 4) is 5.75 Å². The molecule has 112 valence electrons. The molecule has 1 heterocycles. The second-order valence-corrected chi connectivity index (χ2v) is 6.06. The van der Waals surface area contributed by atoms with Gasteiger partial charge >= 0.3 is 0 Å². The molecule has 0 aliphatic rings. The SMILES string of the molecule is CCn1nc(C)c(Br)c1COc1cc(Br)cc([N+](=O)[O-])c1. The summed E-state index contributed by atoms with van der Waals surface area (Å²) in [5.74, 6) is 0.435. The molecule has 0 aliphatic carbocycles. The Labute approximate surface area is 138 Å². The Hall–Kier alpha value is -1.41. The summed E-state index contributed by atoms with van der Waals surface area (Å²) in [4.78, 5) is 10.4. The number of hydrogen-bond acceptors (Lipinski definition) is 4. The molecule has 0 fully saturated rings. The van der Waals surface area contributed by atoms with Gasteiger partial charge in [0.2, 0.25) is 0 Å². The molecule has 2 rings (SSSR count). The molecule has 0 atom stereocenters. The van der Waals surface area contributed by atoms with Gasteiger partial charge in [-0.25, -0.2) is 0 Å². The first-order valence-corrected chi connectivity index (χ1v) is 7.80. The summed E-state index contributed by atoms with van der Waals surface area (Å²) < 4.78 is 9.01. The molecule has 6 nitrogen and oxygen atoms in total. The number of aryl methyl sites for hydroxylation is 2. The highest BCUT2D eigenvalue weighted by atomic mass is 79.9. The monoisotopic (exact) mass is 417 g/mol. The molecule has 0 aliphatic heterocycles. The lowest BCUT2D eigenvalue weighted by atomic mass is 10.3. The van der Waals surface area contributed by atoms with Gasteiger partial charge < -0.3 is 4.74 Å². The zero-order valence-corrected chi connectivity index (χ0v) is 14.6. The van der Waals surface area contributed by atoms with Crippen LogP contribution in [0.1, 0.15) is 18.3 Å². The van der Waals surface area contributed by atoms with Crippen molar-refractivity contribution >= 4 is 37.5 Å². The Kier molecular flexibility index (Phi) is 5.00. The summed E-state index contributed by atoms with van der Waals surface area (Å²) in [6.45, 7) is 4.91. The van der Waals surface area contributed by atoms with E-state index in [2.05, 4.69) is 37.0 Å². The van der Waals surface area contributed by atoms with Gasteiger partial charge in [-0.2, -0.15) is 5.10 Å². The number of nitro benzene ring substituents is 1. The third kappa shape index (κ3) is 3.62. The van der Waals surface area contributed by atoms with Gasteiger partial charge in [-0.05, 0) is 35.8 Å². The van der Waals surface area contributed by atoms with Crippen LogP contribution in [0.4, 0.5) is 5.69 Å². The van der Waals surface area contributed by atoms with Crippen LogP contribution in [0, 0.1) is 17.0 Å². The number of halogens is 2. The lowest BCUT2D eigenvalue weighted by Crippen LogP contribution is -2.06. The fourth-order valence-corrected chi connectivity index (χ4v) is 2.75. The van der Waals surface area contributed by atoms with E-state index in [0.717, 1.165) is 22.4 Å². The minimum atomic E-state index is -0.450. The molecule has 0 unspecified atom stereocenters. The fraction of sp³-hybridized carbons (Fsp3) is 0.308. The summed E-state index contributed by atoms with van der Waals surface area (Å²) in [5, 5.41) is 15.2. The summed E-state index contributed by atoms with van der Waals surface area (Å²) in [5.41, 5.74) is 1.77. The highest BCUT2D eigenvalue weighted by Crippen LogP contribution is 2.28. The first kappa shape index (κ1) is 16.0. The molecule has 1 aromatic heterocycles. The van der Waals surface area contributed by atoms with Gasteiger partial charge in [0.1, 0.15) is 12.4 Å². The second kappa shape index (κ2) is 6.57. The molecule has 1 aromatic carbocycles. The predicted molar refractivity (Wildman–Crippen MR) is 85.5 cm³/mol. The maximum Gasteiger partial charge on any atom is 0.274 e. The summed E-state index contributed by atoms with van der Waals surface area (Å²) in [7, 11) is 0. The van der Waals surface area contributed by atoms with E-state index in [1.807, 2.05) is 18.5 Å². The third-order valence-corrected chi connectivity index (χ3v) is 4.38. The topological polar surface area (TPSA) is 70.2 Å². The van der Waals surface area contributed by atoms with Crippen LogP contribution in [0.15, 0.2) is 27.1 Å². The third-order valence-electron chi connectivity index (χ3n) is 2.90. The van der Waals surface area contributed by atoms with Crippen LogP contribution in [0.3, 0.4) is 0 Å². The van der Waals surface area contributed by atoms with Gasteiger partial charge in [0.25, 0.3) is 5.69 Å². The van der Waals surface area contributed by atoms with Crippen LogP contribution in [-0.4, -0.2) is 14.7 Å². The van der Waals surface area contributed by atoms with Gasteiger partial charge in [0.15, 0.2) is 0 Å². The number of nitrogens with zero attached hydrogens (tertiary/aromatic N) is 3. The van der Waals surface area contributed by atoms with E-state index < -0.39 is 4.92 Å². The molecule has 0 spiro atoms. The Balaban J connectivity index is 2.22. The quantitative estimate of drug-likeness (QED) is 0.538. The molecule has 21 heavy (non-hydrogen) atoms. The molecule has 0 radical (unpaired) electrons. The van der Waals surface area contributed by atoms with E-state index in [1.54, 1.807) is 6.07 Å². The van der Waals surface area contributed by atoms with Gasteiger partial charge in [0, 0.05) is 17.1 Å². The van der Waals surface area contributed by atoms with E-state index in [1.165, 1.54) is 12.1 Å². The average molecular weight is 419 g/mol. The minimum absolute atomic E-state index is 0.0152. The van der Waals surface area contributed by atoms with Crippen LogP contribution in [0.2, 0.25) is 0 Å². The molecule has 0 N–H and O–H groups in total. The maximum absolute atomic E-state index is 10.8. The predicted octanol–water partition coefficient (Wildman–Crippen LogP) is 4.22. The number of hydrogen-bond donors (Lipinski definition) is 0. The summed E-state index contributed by atoms with van der Waals surface area (Å²) >= 11 is 6.73.